The van der Waals surface area contributed by atoms with E-state index in [0.717, 1.165) is 36.1 Å². The first-order chi connectivity index (χ1) is 13.3. The van der Waals surface area contributed by atoms with E-state index in [-0.39, 0.29) is 5.60 Å². The van der Waals surface area contributed by atoms with Crippen molar-refractivity contribution in [1.29, 1.82) is 0 Å². The first kappa shape index (κ1) is 20.2. The second-order valence-electron chi connectivity index (χ2n) is 8.94. The van der Waals surface area contributed by atoms with Crippen LogP contribution >= 0.6 is 0 Å². The van der Waals surface area contributed by atoms with E-state index in [2.05, 4.69) is 43.0 Å². The van der Waals surface area contributed by atoms with Crippen molar-refractivity contribution < 1.29 is 9.53 Å². The number of hydrogen-bond donors (Lipinski definition) is 0. The molecule has 28 heavy (non-hydrogen) atoms. The van der Waals surface area contributed by atoms with Crippen molar-refractivity contribution in [2.75, 3.05) is 0 Å². The molecule has 0 bridgehead atoms. The summed E-state index contributed by atoms with van der Waals surface area (Å²) < 4.78 is 5.84. The quantitative estimate of drug-likeness (QED) is 0.596. The first-order valence-corrected chi connectivity index (χ1v) is 10.2. The zero-order chi connectivity index (χ0) is 20.1. The van der Waals surface area contributed by atoms with Gasteiger partial charge in [-0.1, -0.05) is 30.9 Å². The predicted octanol–water partition coefficient (Wildman–Crippen LogP) is 5.81. The molecule has 0 saturated heterocycles. The van der Waals surface area contributed by atoms with Crippen molar-refractivity contribution in [2.45, 2.75) is 59.0 Å². The van der Waals surface area contributed by atoms with Gasteiger partial charge in [0.25, 0.3) is 0 Å². The molecule has 0 N–H and O–H groups in total. The molecule has 0 aliphatic heterocycles. The average molecular weight is 375 g/mol. The van der Waals surface area contributed by atoms with Crippen LogP contribution in [0, 0.1) is 23.7 Å². The van der Waals surface area contributed by atoms with Gasteiger partial charge in [0.2, 0.25) is 0 Å². The van der Waals surface area contributed by atoms with E-state index in [9.17, 15) is 4.79 Å². The summed E-state index contributed by atoms with van der Waals surface area (Å²) in [5.74, 6) is 8.51. The normalized spacial score (nSPS) is 14.7. The fourth-order valence-electron chi connectivity index (χ4n) is 3.22. The number of benzene rings is 2. The standard InChI is InChI=1S/C26H30O2/c1-19(18-25(27)23-13-14-23)17-22-9-7-20(8-10-22)5-6-21-11-15-24(16-12-21)28-26(2,3)4/h7-12,15-16,19,23H,13-14,17-18H2,1-4H3. The molecule has 2 nitrogen and oxygen atoms in total. The van der Waals surface area contributed by atoms with Crippen LogP contribution in [0.3, 0.4) is 0 Å². The molecule has 1 atom stereocenters. The number of rotatable bonds is 6. The van der Waals surface area contributed by atoms with E-state index >= 15 is 0 Å². The number of ketones is 1. The molecule has 0 spiro atoms. The Bertz CT molecular complexity index is 854. The Kier molecular flexibility index (Phi) is 6.25. The zero-order valence-electron chi connectivity index (χ0n) is 17.4. The van der Waals surface area contributed by atoms with Crippen LogP contribution in [-0.2, 0) is 11.2 Å². The highest BCUT2D eigenvalue weighted by molar-refractivity contribution is 5.83. The highest BCUT2D eigenvalue weighted by atomic mass is 16.5. The lowest BCUT2D eigenvalue weighted by molar-refractivity contribution is -0.121. The van der Waals surface area contributed by atoms with Crippen molar-refractivity contribution in [3.63, 3.8) is 0 Å². The summed E-state index contributed by atoms with van der Waals surface area (Å²) in [6, 6.07) is 16.3. The van der Waals surface area contributed by atoms with E-state index in [0.29, 0.717) is 24.0 Å². The van der Waals surface area contributed by atoms with Crippen LogP contribution in [0.25, 0.3) is 0 Å². The molecule has 0 amide bonds. The molecule has 2 heteroatoms. The molecule has 2 aromatic rings. The van der Waals surface area contributed by atoms with Crippen LogP contribution in [0.15, 0.2) is 48.5 Å². The average Bonchev–Trinajstić information content (AvgIpc) is 3.46. The maximum atomic E-state index is 11.9. The van der Waals surface area contributed by atoms with Crippen molar-refractivity contribution in [2.24, 2.45) is 11.8 Å². The monoisotopic (exact) mass is 374 g/mol. The maximum absolute atomic E-state index is 11.9. The third-order valence-corrected chi connectivity index (χ3v) is 4.75. The second kappa shape index (κ2) is 8.65. The number of ether oxygens (including phenoxy) is 1. The van der Waals surface area contributed by atoms with Gasteiger partial charge in [-0.25, -0.2) is 0 Å². The van der Waals surface area contributed by atoms with Gasteiger partial charge in [-0.05, 0) is 87.9 Å². The summed E-state index contributed by atoms with van der Waals surface area (Å²) in [6.07, 6.45) is 3.86. The minimum absolute atomic E-state index is 0.197. The second-order valence-corrected chi connectivity index (χ2v) is 8.94. The first-order valence-electron chi connectivity index (χ1n) is 10.2. The summed E-state index contributed by atoms with van der Waals surface area (Å²) in [6.45, 7) is 8.28. The van der Waals surface area contributed by atoms with Gasteiger partial charge in [0.15, 0.2) is 0 Å². The molecular formula is C26H30O2. The molecule has 3 rings (SSSR count). The van der Waals surface area contributed by atoms with Crippen LogP contribution in [0.1, 0.15) is 63.6 Å². The van der Waals surface area contributed by atoms with Crippen LogP contribution in [-0.4, -0.2) is 11.4 Å². The number of carbonyl (C=O) groups excluding carboxylic acids is 1. The Hall–Kier alpha value is -2.53. The van der Waals surface area contributed by atoms with Gasteiger partial charge in [-0.15, -0.1) is 0 Å². The summed E-state index contributed by atoms with van der Waals surface area (Å²) in [4.78, 5) is 11.9. The Labute approximate surface area is 169 Å². The Morgan fingerprint density at radius 2 is 1.54 bits per heavy atom. The van der Waals surface area contributed by atoms with Gasteiger partial charge >= 0.3 is 0 Å². The number of hydrogen-bond acceptors (Lipinski definition) is 2. The van der Waals surface area contributed by atoms with E-state index in [1.807, 2.05) is 45.0 Å². The molecule has 0 aromatic heterocycles. The van der Waals surface area contributed by atoms with Crippen LogP contribution in [0.5, 0.6) is 5.75 Å². The molecule has 1 aliphatic rings. The minimum Gasteiger partial charge on any atom is -0.488 e. The van der Waals surface area contributed by atoms with Gasteiger partial charge in [0.1, 0.15) is 17.1 Å². The van der Waals surface area contributed by atoms with Crippen molar-refractivity contribution >= 4 is 5.78 Å². The summed E-state index contributed by atoms with van der Waals surface area (Å²) in [5.41, 5.74) is 3.04. The molecule has 1 saturated carbocycles. The van der Waals surface area contributed by atoms with E-state index in [4.69, 9.17) is 4.74 Å². The lowest BCUT2D eigenvalue weighted by atomic mass is 9.94. The molecule has 146 valence electrons. The highest BCUT2D eigenvalue weighted by Crippen LogP contribution is 2.32. The highest BCUT2D eigenvalue weighted by Gasteiger charge is 2.29. The van der Waals surface area contributed by atoms with Crippen molar-refractivity contribution in [1.82, 2.24) is 0 Å². The molecule has 2 aromatic carbocycles. The Balaban J connectivity index is 1.55. The van der Waals surface area contributed by atoms with Gasteiger partial charge < -0.3 is 4.74 Å². The van der Waals surface area contributed by atoms with Gasteiger partial charge in [-0.2, -0.15) is 0 Å². The van der Waals surface area contributed by atoms with Crippen LogP contribution < -0.4 is 4.74 Å². The van der Waals surface area contributed by atoms with E-state index < -0.39 is 0 Å². The SMILES string of the molecule is CC(CC(=O)C1CC1)Cc1ccc(C#Cc2ccc(OC(C)(C)C)cc2)cc1. The molecule has 1 aliphatic carbocycles. The summed E-state index contributed by atoms with van der Waals surface area (Å²) in [7, 11) is 0. The van der Waals surface area contributed by atoms with Crippen molar-refractivity contribution in [3.8, 4) is 17.6 Å². The molecule has 0 heterocycles. The minimum atomic E-state index is -0.197. The largest absolute Gasteiger partial charge is 0.488 e. The lowest BCUT2D eigenvalue weighted by Gasteiger charge is -2.21. The maximum Gasteiger partial charge on any atom is 0.136 e. The van der Waals surface area contributed by atoms with Crippen LogP contribution in [0.2, 0.25) is 0 Å². The van der Waals surface area contributed by atoms with E-state index in [1.54, 1.807) is 0 Å². The molecule has 1 unspecified atom stereocenters. The third kappa shape index (κ3) is 6.57. The number of carbonyl (C=O) groups is 1. The zero-order valence-corrected chi connectivity index (χ0v) is 17.4. The Morgan fingerprint density at radius 3 is 2.04 bits per heavy atom. The van der Waals surface area contributed by atoms with Crippen molar-refractivity contribution in [3.05, 3.63) is 65.2 Å². The molecular weight excluding hydrogens is 344 g/mol. The lowest BCUT2D eigenvalue weighted by Crippen LogP contribution is -2.22. The smallest absolute Gasteiger partial charge is 0.136 e. The molecule has 1 fully saturated rings. The fraction of sp³-hybridized carbons (Fsp3) is 0.423. The Morgan fingerprint density at radius 1 is 1.00 bits per heavy atom. The topological polar surface area (TPSA) is 26.3 Å². The van der Waals surface area contributed by atoms with E-state index in [1.165, 1.54) is 5.56 Å². The fourth-order valence-corrected chi connectivity index (χ4v) is 3.22. The van der Waals surface area contributed by atoms with Gasteiger partial charge in [0.05, 0.1) is 0 Å². The van der Waals surface area contributed by atoms with Crippen LogP contribution in [0.4, 0.5) is 0 Å². The van der Waals surface area contributed by atoms with Gasteiger partial charge in [0, 0.05) is 23.5 Å². The number of Topliss-reactive ketones (excluding diaryl/α,β-unsaturated/α-hetero) is 1. The predicted molar refractivity (Wildman–Crippen MR) is 114 cm³/mol. The summed E-state index contributed by atoms with van der Waals surface area (Å²) >= 11 is 0. The van der Waals surface area contributed by atoms with Gasteiger partial charge in [-0.3, -0.25) is 4.79 Å². The third-order valence-electron chi connectivity index (χ3n) is 4.75. The summed E-state index contributed by atoms with van der Waals surface area (Å²) in [5, 5.41) is 0. The molecule has 0 radical (unpaired) electrons.